The number of fused-ring (bicyclic) bond motifs is 1. The Hall–Kier alpha value is -4.39. The van der Waals surface area contributed by atoms with Gasteiger partial charge in [0.25, 0.3) is 11.8 Å². The number of rotatable bonds is 9. The molecule has 0 bridgehead atoms. The largest absolute Gasteiger partial charge is 0.380 e. The molecule has 5 amide bonds. The molecule has 1 unspecified atom stereocenters. The third-order valence-electron chi connectivity index (χ3n) is 9.30. The van der Waals surface area contributed by atoms with Gasteiger partial charge in [-0.15, -0.1) is 0 Å². The molecule has 2 aromatic rings. The fourth-order valence-electron chi connectivity index (χ4n) is 6.76. The number of carbonyl (C=O) groups excluding carboxylic acids is 6. The zero-order chi connectivity index (χ0) is 30.8. The maximum absolute atomic E-state index is 13.3. The van der Waals surface area contributed by atoms with Gasteiger partial charge in [-0.25, -0.2) is 0 Å². The standard InChI is InChI=1S/C31H37N7O6/c39-15-14-35-10-6-20(7-11-35)16-27(41)36-12-8-22(9-13-36)37-19-21(18-33-37)17-32-24-3-1-2-23-28(24)31(44)38(30(23)43)25-4-5-26(40)34-29(25)42/h1-3,15,18-20,22,25,32H,4-14,16-17H2,(H,34,40,42). The van der Waals surface area contributed by atoms with Gasteiger partial charge in [-0.1, -0.05) is 6.07 Å². The van der Waals surface area contributed by atoms with Crippen molar-refractivity contribution in [2.45, 2.75) is 63.6 Å². The Balaban J connectivity index is 1.01. The third-order valence-corrected chi connectivity index (χ3v) is 9.30. The molecule has 13 heteroatoms. The lowest BCUT2D eigenvalue weighted by atomic mass is 9.92. The fraction of sp³-hybridized carbons (Fsp3) is 0.516. The van der Waals surface area contributed by atoms with E-state index in [0.29, 0.717) is 44.2 Å². The van der Waals surface area contributed by atoms with Crippen LogP contribution in [0.3, 0.4) is 0 Å². The SMILES string of the molecule is O=CCN1CCC(CC(=O)N2CCC(n3cc(CNc4cccc5c4C(=O)N(C4CCC(=O)NC4=O)C5=O)cn3)CC2)CC1. The minimum Gasteiger partial charge on any atom is -0.380 e. The van der Waals surface area contributed by atoms with Crippen LogP contribution in [-0.4, -0.2) is 99.1 Å². The number of carbonyl (C=O) groups is 6. The molecule has 1 aromatic heterocycles. The summed E-state index contributed by atoms with van der Waals surface area (Å²) in [5.74, 6) is -1.56. The lowest BCUT2D eigenvalue weighted by Crippen LogP contribution is -2.54. The van der Waals surface area contributed by atoms with Crippen LogP contribution in [-0.2, 0) is 25.7 Å². The number of nitrogens with one attached hydrogen (secondary N) is 2. The lowest BCUT2D eigenvalue weighted by Gasteiger charge is -2.35. The van der Waals surface area contributed by atoms with Crippen LogP contribution < -0.4 is 10.6 Å². The predicted octanol–water partition coefficient (Wildman–Crippen LogP) is 1.36. The van der Waals surface area contributed by atoms with E-state index < -0.39 is 29.7 Å². The van der Waals surface area contributed by atoms with E-state index in [0.717, 1.165) is 55.5 Å². The first-order valence-electron chi connectivity index (χ1n) is 15.4. The summed E-state index contributed by atoms with van der Waals surface area (Å²) < 4.78 is 1.94. The van der Waals surface area contributed by atoms with Crippen molar-refractivity contribution in [2.24, 2.45) is 5.92 Å². The number of likely N-dealkylation sites (tertiary alicyclic amines) is 2. The maximum Gasteiger partial charge on any atom is 0.264 e. The molecule has 13 nitrogen and oxygen atoms in total. The van der Waals surface area contributed by atoms with Gasteiger partial charge in [-0.3, -0.25) is 43.8 Å². The van der Waals surface area contributed by atoms with Gasteiger partial charge < -0.3 is 15.0 Å². The van der Waals surface area contributed by atoms with E-state index in [1.807, 2.05) is 15.8 Å². The zero-order valence-corrected chi connectivity index (χ0v) is 24.6. The second-order valence-electron chi connectivity index (χ2n) is 12.1. The molecule has 0 radical (unpaired) electrons. The minimum atomic E-state index is -1.01. The fourth-order valence-corrected chi connectivity index (χ4v) is 6.76. The first-order valence-corrected chi connectivity index (χ1v) is 15.4. The van der Waals surface area contributed by atoms with Crippen molar-refractivity contribution in [1.82, 2.24) is 29.8 Å². The van der Waals surface area contributed by atoms with Gasteiger partial charge >= 0.3 is 0 Å². The Kier molecular flexibility index (Phi) is 8.56. The normalized spacial score (nSPS) is 21.9. The van der Waals surface area contributed by atoms with Crippen LogP contribution in [0.25, 0.3) is 0 Å². The van der Waals surface area contributed by atoms with Crippen molar-refractivity contribution in [1.29, 1.82) is 0 Å². The summed E-state index contributed by atoms with van der Waals surface area (Å²) in [6.45, 7) is 3.97. The lowest BCUT2D eigenvalue weighted by molar-refractivity contribution is -0.136. The summed E-state index contributed by atoms with van der Waals surface area (Å²) in [4.78, 5) is 79.1. The molecule has 3 saturated heterocycles. The van der Waals surface area contributed by atoms with Crippen molar-refractivity contribution >= 4 is 41.5 Å². The molecule has 4 aliphatic rings. The summed E-state index contributed by atoms with van der Waals surface area (Å²) in [7, 11) is 0. The Morgan fingerprint density at radius 2 is 1.77 bits per heavy atom. The highest BCUT2D eigenvalue weighted by Gasteiger charge is 2.45. The molecule has 1 aromatic carbocycles. The molecule has 3 fully saturated rings. The van der Waals surface area contributed by atoms with Crippen molar-refractivity contribution in [3.8, 4) is 0 Å². The number of aldehydes is 1. The highest BCUT2D eigenvalue weighted by Crippen LogP contribution is 2.33. The highest BCUT2D eigenvalue weighted by molar-refractivity contribution is 6.25. The average molecular weight is 604 g/mol. The van der Waals surface area contributed by atoms with Gasteiger partial charge in [0.05, 0.1) is 29.9 Å². The molecule has 0 aliphatic carbocycles. The predicted molar refractivity (Wildman–Crippen MR) is 157 cm³/mol. The van der Waals surface area contributed by atoms with Crippen LogP contribution in [0.2, 0.25) is 0 Å². The first-order chi connectivity index (χ1) is 21.3. The van der Waals surface area contributed by atoms with E-state index in [2.05, 4.69) is 20.6 Å². The summed E-state index contributed by atoms with van der Waals surface area (Å²) in [6.07, 6.45) is 8.96. The monoisotopic (exact) mass is 603 g/mol. The number of nitrogens with zero attached hydrogens (tertiary/aromatic N) is 5. The summed E-state index contributed by atoms with van der Waals surface area (Å²) >= 11 is 0. The number of amides is 5. The van der Waals surface area contributed by atoms with E-state index in [-0.39, 0.29) is 35.9 Å². The topological polar surface area (TPSA) is 154 Å². The molecule has 6 rings (SSSR count). The van der Waals surface area contributed by atoms with Gasteiger partial charge in [0.15, 0.2) is 0 Å². The van der Waals surface area contributed by atoms with Crippen LogP contribution in [0, 0.1) is 5.92 Å². The van der Waals surface area contributed by atoms with E-state index in [9.17, 15) is 28.8 Å². The van der Waals surface area contributed by atoms with Crippen molar-refractivity contribution in [3.63, 3.8) is 0 Å². The Morgan fingerprint density at radius 1 is 1.00 bits per heavy atom. The third kappa shape index (κ3) is 6.01. The van der Waals surface area contributed by atoms with Crippen molar-refractivity contribution in [2.75, 3.05) is 38.0 Å². The highest BCUT2D eigenvalue weighted by atomic mass is 16.2. The molecule has 1 atom stereocenters. The van der Waals surface area contributed by atoms with Crippen LogP contribution in [0.15, 0.2) is 30.6 Å². The number of anilines is 1. The molecule has 4 aliphatic heterocycles. The Labute approximate surface area is 254 Å². The van der Waals surface area contributed by atoms with Gasteiger partial charge in [-0.2, -0.15) is 5.10 Å². The molecular formula is C31H37N7O6. The number of benzene rings is 1. The number of hydrogen-bond acceptors (Lipinski definition) is 9. The maximum atomic E-state index is 13.3. The Bertz CT molecular complexity index is 1470. The molecule has 44 heavy (non-hydrogen) atoms. The number of aromatic nitrogens is 2. The van der Waals surface area contributed by atoms with Crippen molar-refractivity contribution < 1.29 is 28.8 Å². The number of hydrogen-bond donors (Lipinski definition) is 2. The minimum absolute atomic E-state index is 0.0674. The van der Waals surface area contributed by atoms with E-state index >= 15 is 0 Å². The molecule has 5 heterocycles. The summed E-state index contributed by atoms with van der Waals surface area (Å²) in [5, 5.41) is 10.0. The van der Waals surface area contributed by atoms with Crippen LogP contribution in [0.4, 0.5) is 5.69 Å². The molecular weight excluding hydrogens is 566 g/mol. The molecule has 0 saturated carbocycles. The molecule has 0 spiro atoms. The van der Waals surface area contributed by atoms with Gasteiger partial charge in [0, 0.05) is 49.9 Å². The number of piperidine rings is 3. The Morgan fingerprint density at radius 3 is 2.50 bits per heavy atom. The first kappa shape index (κ1) is 29.7. The summed E-state index contributed by atoms with van der Waals surface area (Å²) in [6, 6.07) is 4.15. The number of imide groups is 2. The second kappa shape index (κ2) is 12.7. The van der Waals surface area contributed by atoms with Gasteiger partial charge in [0.2, 0.25) is 17.7 Å². The van der Waals surface area contributed by atoms with E-state index in [1.54, 1.807) is 24.4 Å². The van der Waals surface area contributed by atoms with E-state index in [4.69, 9.17) is 0 Å². The second-order valence-corrected chi connectivity index (χ2v) is 12.1. The van der Waals surface area contributed by atoms with Crippen molar-refractivity contribution in [3.05, 3.63) is 47.3 Å². The average Bonchev–Trinajstić information content (AvgIpc) is 3.60. The molecule has 2 N–H and O–H groups in total. The van der Waals surface area contributed by atoms with Crippen LogP contribution in [0.1, 0.15) is 77.3 Å². The van der Waals surface area contributed by atoms with Gasteiger partial charge in [0.1, 0.15) is 12.3 Å². The molecule has 232 valence electrons. The van der Waals surface area contributed by atoms with Gasteiger partial charge in [-0.05, 0) is 63.2 Å². The zero-order valence-electron chi connectivity index (χ0n) is 24.6. The van der Waals surface area contributed by atoms with Crippen LogP contribution in [0.5, 0.6) is 0 Å². The van der Waals surface area contributed by atoms with E-state index in [1.165, 1.54) is 0 Å². The van der Waals surface area contributed by atoms with Crippen LogP contribution >= 0.6 is 0 Å². The summed E-state index contributed by atoms with van der Waals surface area (Å²) in [5.41, 5.74) is 1.84. The smallest absolute Gasteiger partial charge is 0.264 e. The quantitative estimate of drug-likeness (QED) is 0.319.